The normalized spacial score (nSPS) is 23.7. The molecule has 2 aromatic heterocycles. The summed E-state index contributed by atoms with van der Waals surface area (Å²) >= 11 is 0. The Morgan fingerprint density at radius 1 is 1.02 bits per heavy atom. The number of aryl methyl sites for hydroxylation is 2. The van der Waals surface area contributed by atoms with E-state index in [1.807, 2.05) is 33.8 Å². The minimum absolute atomic E-state index is 0.104. The van der Waals surface area contributed by atoms with Crippen molar-refractivity contribution in [3.05, 3.63) is 68.7 Å². The van der Waals surface area contributed by atoms with Crippen LogP contribution in [0.2, 0.25) is 0 Å². The van der Waals surface area contributed by atoms with E-state index in [0.717, 1.165) is 59.2 Å². The summed E-state index contributed by atoms with van der Waals surface area (Å²) in [5.74, 6) is 0.603. The Labute approximate surface area is 240 Å². The van der Waals surface area contributed by atoms with Crippen LogP contribution in [0.15, 0.2) is 29.6 Å². The Bertz CT molecular complexity index is 1560. The highest BCUT2D eigenvalue weighted by molar-refractivity contribution is 6.02. The quantitative estimate of drug-likeness (QED) is 0.491. The minimum atomic E-state index is -0.826. The highest BCUT2D eigenvalue weighted by atomic mass is 16.7. The fourth-order valence-corrected chi connectivity index (χ4v) is 7.01. The molecular formula is C32H39N5O4. The maximum atomic E-state index is 14.2. The van der Waals surface area contributed by atoms with Gasteiger partial charge in [0.15, 0.2) is 11.5 Å². The van der Waals surface area contributed by atoms with Crippen LogP contribution >= 0.6 is 0 Å². The van der Waals surface area contributed by atoms with Gasteiger partial charge in [-0.15, -0.1) is 0 Å². The van der Waals surface area contributed by atoms with E-state index in [1.165, 1.54) is 6.33 Å². The Balaban J connectivity index is 1.40. The lowest BCUT2D eigenvalue weighted by molar-refractivity contribution is -0.123. The first kappa shape index (κ1) is 27.4. The molecule has 2 aliphatic heterocycles. The van der Waals surface area contributed by atoms with Gasteiger partial charge in [-0.2, -0.15) is 0 Å². The van der Waals surface area contributed by atoms with Crippen molar-refractivity contribution >= 4 is 5.91 Å². The summed E-state index contributed by atoms with van der Waals surface area (Å²) in [5, 5.41) is 0. The molecule has 41 heavy (non-hydrogen) atoms. The van der Waals surface area contributed by atoms with Gasteiger partial charge in [0, 0.05) is 65.8 Å². The SMILES string of the molecule is Cc1cc(C)c(CN2CCc3c(c(C)c4c(c3-c3cncnc3)OC(C)(C3CCC(N(C)C)CC3)O4)C2=O)c(=O)[nH]1. The maximum absolute atomic E-state index is 14.2. The molecule has 4 heterocycles. The van der Waals surface area contributed by atoms with Crippen molar-refractivity contribution in [3.63, 3.8) is 0 Å². The maximum Gasteiger partial charge on any atom is 0.254 e. The van der Waals surface area contributed by atoms with E-state index in [0.29, 0.717) is 41.6 Å². The highest BCUT2D eigenvalue weighted by Crippen LogP contribution is 2.55. The monoisotopic (exact) mass is 557 g/mol. The number of benzene rings is 1. The van der Waals surface area contributed by atoms with Crippen LogP contribution in [0.25, 0.3) is 11.1 Å². The predicted molar refractivity (Wildman–Crippen MR) is 156 cm³/mol. The molecule has 1 atom stereocenters. The fraction of sp³-hybridized carbons (Fsp3) is 0.500. The number of nitrogens with zero attached hydrogens (tertiary/aromatic N) is 4. The van der Waals surface area contributed by atoms with Gasteiger partial charge in [-0.25, -0.2) is 9.97 Å². The number of hydrogen-bond acceptors (Lipinski definition) is 7. The van der Waals surface area contributed by atoms with Gasteiger partial charge < -0.3 is 24.3 Å². The number of pyridine rings is 1. The fourth-order valence-electron chi connectivity index (χ4n) is 7.01. The first-order chi connectivity index (χ1) is 19.6. The van der Waals surface area contributed by atoms with Crippen molar-refractivity contribution in [1.29, 1.82) is 0 Å². The molecule has 1 fully saturated rings. The summed E-state index contributed by atoms with van der Waals surface area (Å²) in [5.41, 5.74) is 6.13. The second-order valence-corrected chi connectivity index (χ2v) is 12.2. The molecule has 9 nitrogen and oxygen atoms in total. The van der Waals surface area contributed by atoms with Gasteiger partial charge in [-0.1, -0.05) is 0 Å². The van der Waals surface area contributed by atoms with Crippen molar-refractivity contribution in [2.24, 2.45) is 5.92 Å². The first-order valence-corrected chi connectivity index (χ1v) is 14.5. The van der Waals surface area contributed by atoms with Crippen molar-refractivity contribution in [2.75, 3.05) is 20.6 Å². The van der Waals surface area contributed by atoms with E-state index >= 15 is 0 Å². The number of aromatic nitrogens is 3. The van der Waals surface area contributed by atoms with Gasteiger partial charge in [0.1, 0.15) is 6.33 Å². The number of carbonyl (C=O) groups excluding carboxylic acids is 1. The van der Waals surface area contributed by atoms with Gasteiger partial charge in [0.2, 0.25) is 0 Å². The number of nitrogens with one attached hydrogen (secondary N) is 1. The van der Waals surface area contributed by atoms with Gasteiger partial charge >= 0.3 is 0 Å². The molecule has 3 aliphatic rings. The summed E-state index contributed by atoms with van der Waals surface area (Å²) in [6, 6.07) is 2.51. The number of aromatic amines is 1. The second-order valence-electron chi connectivity index (χ2n) is 12.2. The lowest BCUT2D eigenvalue weighted by atomic mass is 9.81. The van der Waals surface area contributed by atoms with Crippen LogP contribution in [-0.2, 0) is 13.0 Å². The van der Waals surface area contributed by atoms with Gasteiger partial charge in [0.05, 0.1) is 12.1 Å². The number of carbonyl (C=O) groups is 1. The molecule has 1 aliphatic carbocycles. The van der Waals surface area contributed by atoms with Gasteiger partial charge in [-0.3, -0.25) is 9.59 Å². The summed E-state index contributed by atoms with van der Waals surface area (Å²) in [6.07, 6.45) is 9.86. The van der Waals surface area contributed by atoms with E-state index in [2.05, 4.69) is 33.9 Å². The molecule has 1 N–H and O–H groups in total. The van der Waals surface area contributed by atoms with Gasteiger partial charge in [0.25, 0.3) is 17.3 Å². The molecule has 0 spiro atoms. The molecule has 1 unspecified atom stereocenters. The number of H-pyrrole nitrogens is 1. The lowest BCUT2D eigenvalue weighted by Gasteiger charge is -2.39. The smallest absolute Gasteiger partial charge is 0.254 e. The van der Waals surface area contributed by atoms with Crippen molar-refractivity contribution in [2.45, 2.75) is 78.2 Å². The topological polar surface area (TPSA) is 101 Å². The lowest BCUT2D eigenvalue weighted by Crippen LogP contribution is -2.46. The van der Waals surface area contributed by atoms with Crippen LogP contribution in [0.3, 0.4) is 0 Å². The molecule has 6 rings (SSSR count). The minimum Gasteiger partial charge on any atom is -0.448 e. The summed E-state index contributed by atoms with van der Waals surface area (Å²) in [4.78, 5) is 42.5. The third-order valence-corrected chi connectivity index (χ3v) is 9.36. The average Bonchev–Trinajstić information content (AvgIpc) is 3.31. The van der Waals surface area contributed by atoms with Crippen LogP contribution in [-0.4, -0.2) is 63.1 Å². The molecule has 1 saturated carbocycles. The summed E-state index contributed by atoms with van der Waals surface area (Å²) in [6.45, 7) is 8.52. The van der Waals surface area contributed by atoms with E-state index in [4.69, 9.17) is 9.47 Å². The summed E-state index contributed by atoms with van der Waals surface area (Å²) in [7, 11) is 4.29. The second kappa shape index (κ2) is 10.3. The van der Waals surface area contributed by atoms with E-state index < -0.39 is 5.79 Å². The highest BCUT2D eigenvalue weighted by Gasteiger charge is 2.49. The Kier molecular flexibility index (Phi) is 6.88. The number of fused-ring (bicyclic) bond motifs is 2. The van der Waals surface area contributed by atoms with Gasteiger partial charge in [-0.05, 0) is 84.2 Å². The number of ether oxygens (including phenoxy) is 2. The largest absolute Gasteiger partial charge is 0.448 e. The standard InChI is InChI=1S/C32H39N5O4/c1-18-13-19(2)35-30(38)25(18)16-37-12-11-24-26(31(37)39)20(3)28-29(27(24)21-14-33-17-34-15-21)41-32(4,40-28)22-7-9-23(10-8-22)36(5)6/h13-15,17,22-23H,7-12,16H2,1-6H3,(H,35,38). The van der Waals surface area contributed by atoms with Crippen LogP contribution in [0.5, 0.6) is 11.5 Å². The Hall–Kier alpha value is -3.72. The molecule has 9 heteroatoms. The average molecular weight is 558 g/mol. The van der Waals surface area contributed by atoms with E-state index in [9.17, 15) is 9.59 Å². The number of amides is 1. The first-order valence-electron chi connectivity index (χ1n) is 14.5. The molecular weight excluding hydrogens is 518 g/mol. The van der Waals surface area contributed by atoms with Crippen molar-refractivity contribution in [1.82, 2.24) is 24.8 Å². The van der Waals surface area contributed by atoms with Crippen LogP contribution < -0.4 is 15.0 Å². The zero-order valence-corrected chi connectivity index (χ0v) is 24.8. The molecule has 216 valence electrons. The molecule has 3 aromatic rings. The molecule has 0 radical (unpaired) electrons. The van der Waals surface area contributed by atoms with Crippen LogP contribution in [0.4, 0.5) is 0 Å². The molecule has 1 amide bonds. The van der Waals surface area contributed by atoms with Crippen molar-refractivity contribution < 1.29 is 14.3 Å². The van der Waals surface area contributed by atoms with E-state index in [1.54, 1.807) is 17.3 Å². The molecule has 0 bridgehead atoms. The zero-order valence-electron chi connectivity index (χ0n) is 24.8. The predicted octanol–water partition coefficient (Wildman–Crippen LogP) is 4.56. The van der Waals surface area contributed by atoms with Crippen molar-refractivity contribution in [3.8, 4) is 22.6 Å². The van der Waals surface area contributed by atoms with Crippen LogP contribution in [0.1, 0.15) is 70.9 Å². The number of hydrogen-bond donors (Lipinski definition) is 1. The third-order valence-electron chi connectivity index (χ3n) is 9.36. The number of rotatable bonds is 5. The zero-order chi connectivity index (χ0) is 29.1. The summed E-state index contributed by atoms with van der Waals surface area (Å²) < 4.78 is 13.5. The third kappa shape index (κ3) is 4.70. The van der Waals surface area contributed by atoms with Crippen LogP contribution in [0, 0.1) is 26.7 Å². The molecule has 0 saturated heterocycles. The Morgan fingerprint density at radius 3 is 2.37 bits per heavy atom. The Morgan fingerprint density at radius 2 is 1.71 bits per heavy atom. The molecule has 1 aromatic carbocycles. The van der Waals surface area contributed by atoms with E-state index in [-0.39, 0.29) is 23.9 Å².